The van der Waals surface area contributed by atoms with Crippen LogP contribution < -0.4 is 0 Å². The van der Waals surface area contributed by atoms with Gasteiger partial charge in [0.25, 0.3) is 0 Å². The van der Waals surface area contributed by atoms with Crippen LogP contribution in [0.3, 0.4) is 0 Å². The van der Waals surface area contributed by atoms with Crippen molar-refractivity contribution in [3.63, 3.8) is 0 Å². The predicted octanol–water partition coefficient (Wildman–Crippen LogP) is 2.66. The molecule has 0 radical (unpaired) electrons. The minimum absolute atomic E-state index is 0.0269. The molecule has 0 saturated carbocycles. The SMILES string of the molecule is COC(=O)c1occc1CN(C)C(C)c1ccc(S(C)(=O)=O)cc1. The number of nitrogens with zero attached hydrogens (tertiary/aromatic N) is 1. The Morgan fingerprint density at radius 1 is 1.25 bits per heavy atom. The van der Waals surface area contributed by atoms with E-state index in [2.05, 4.69) is 0 Å². The Morgan fingerprint density at radius 2 is 1.88 bits per heavy atom. The molecule has 0 saturated heterocycles. The summed E-state index contributed by atoms with van der Waals surface area (Å²) in [6.45, 7) is 2.50. The van der Waals surface area contributed by atoms with E-state index in [0.29, 0.717) is 11.4 Å². The first-order valence-electron chi connectivity index (χ1n) is 7.39. The third-order valence-electron chi connectivity index (χ3n) is 3.99. The maximum Gasteiger partial charge on any atom is 0.374 e. The second-order valence-corrected chi connectivity index (χ2v) is 7.71. The summed E-state index contributed by atoms with van der Waals surface area (Å²) < 4.78 is 32.9. The van der Waals surface area contributed by atoms with Gasteiger partial charge in [-0.25, -0.2) is 13.2 Å². The van der Waals surface area contributed by atoms with Gasteiger partial charge in [-0.2, -0.15) is 0 Å². The van der Waals surface area contributed by atoms with Crippen LogP contribution in [-0.4, -0.2) is 39.7 Å². The molecule has 130 valence electrons. The fourth-order valence-corrected chi connectivity index (χ4v) is 3.02. The first-order chi connectivity index (χ1) is 11.2. The highest BCUT2D eigenvalue weighted by molar-refractivity contribution is 7.90. The highest BCUT2D eigenvalue weighted by Crippen LogP contribution is 2.24. The van der Waals surface area contributed by atoms with E-state index in [1.807, 2.05) is 18.9 Å². The fourth-order valence-electron chi connectivity index (χ4n) is 2.39. The van der Waals surface area contributed by atoms with Crippen molar-refractivity contribution in [1.82, 2.24) is 4.90 Å². The van der Waals surface area contributed by atoms with Gasteiger partial charge < -0.3 is 9.15 Å². The summed E-state index contributed by atoms with van der Waals surface area (Å²) in [5, 5.41) is 0. The Kier molecular flexibility index (Phi) is 5.46. The quantitative estimate of drug-likeness (QED) is 0.745. The third kappa shape index (κ3) is 4.04. The molecule has 0 N–H and O–H groups in total. The van der Waals surface area contributed by atoms with E-state index in [0.717, 1.165) is 11.1 Å². The molecule has 0 fully saturated rings. The molecule has 0 aliphatic carbocycles. The summed E-state index contributed by atoms with van der Waals surface area (Å²) in [5.41, 5.74) is 1.72. The maximum absolute atomic E-state index is 11.7. The molecule has 0 amide bonds. The zero-order chi connectivity index (χ0) is 17.9. The van der Waals surface area contributed by atoms with Crippen LogP contribution in [0.5, 0.6) is 0 Å². The molecule has 2 rings (SSSR count). The van der Waals surface area contributed by atoms with Crippen LogP contribution in [-0.2, 0) is 21.1 Å². The molecule has 24 heavy (non-hydrogen) atoms. The molecule has 0 aliphatic rings. The average Bonchev–Trinajstić information content (AvgIpc) is 3.00. The molecule has 1 aromatic heterocycles. The number of methoxy groups -OCH3 is 1. The third-order valence-corrected chi connectivity index (χ3v) is 5.12. The number of hydrogen-bond acceptors (Lipinski definition) is 6. The van der Waals surface area contributed by atoms with Gasteiger partial charge in [0.2, 0.25) is 5.76 Å². The van der Waals surface area contributed by atoms with E-state index >= 15 is 0 Å². The number of sulfone groups is 1. The highest BCUT2D eigenvalue weighted by Gasteiger charge is 2.20. The van der Waals surface area contributed by atoms with Gasteiger partial charge in [0, 0.05) is 24.4 Å². The lowest BCUT2D eigenvalue weighted by Gasteiger charge is -2.25. The van der Waals surface area contributed by atoms with E-state index < -0.39 is 15.8 Å². The molecule has 0 aliphatic heterocycles. The Hall–Kier alpha value is -2.12. The summed E-state index contributed by atoms with van der Waals surface area (Å²) >= 11 is 0. The first kappa shape index (κ1) is 18.2. The molecular weight excluding hydrogens is 330 g/mol. The lowest BCUT2D eigenvalue weighted by molar-refractivity contribution is 0.0561. The van der Waals surface area contributed by atoms with Crippen LogP contribution >= 0.6 is 0 Å². The van der Waals surface area contributed by atoms with Gasteiger partial charge in [-0.3, -0.25) is 4.90 Å². The van der Waals surface area contributed by atoms with Crippen molar-refractivity contribution in [1.29, 1.82) is 0 Å². The van der Waals surface area contributed by atoms with Crippen molar-refractivity contribution in [2.45, 2.75) is 24.4 Å². The van der Waals surface area contributed by atoms with Gasteiger partial charge in [0.05, 0.1) is 18.3 Å². The minimum atomic E-state index is -3.20. The second-order valence-electron chi connectivity index (χ2n) is 5.70. The lowest BCUT2D eigenvalue weighted by atomic mass is 10.1. The molecule has 1 heterocycles. The minimum Gasteiger partial charge on any atom is -0.463 e. The summed E-state index contributed by atoms with van der Waals surface area (Å²) in [5.74, 6) is -0.308. The van der Waals surface area contributed by atoms with Crippen molar-refractivity contribution in [3.05, 3.63) is 53.5 Å². The van der Waals surface area contributed by atoms with Crippen LogP contribution in [0.1, 0.15) is 34.6 Å². The molecule has 1 aromatic carbocycles. The first-order valence-corrected chi connectivity index (χ1v) is 9.28. The van der Waals surface area contributed by atoms with Crippen LogP contribution in [0.25, 0.3) is 0 Å². The van der Waals surface area contributed by atoms with E-state index in [9.17, 15) is 13.2 Å². The second kappa shape index (κ2) is 7.19. The molecule has 0 spiro atoms. The maximum atomic E-state index is 11.7. The summed E-state index contributed by atoms with van der Waals surface area (Å²) in [6, 6.07) is 8.57. The van der Waals surface area contributed by atoms with E-state index in [-0.39, 0.29) is 11.8 Å². The van der Waals surface area contributed by atoms with E-state index in [1.54, 1.807) is 30.3 Å². The number of esters is 1. The Balaban J connectivity index is 2.14. The van der Waals surface area contributed by atoms with Gasteiger partial charge in [-0.05, 0) is 37.7 Å². The monoisotopic (exact) mass is 351 g/mol. The zero-order valence-electron chi connectivity index (χ0n) is 14.1. The fraction of sp³-hybridized carbons (Fsp3) is 0.353. The average molecular weight is 351 g/mol. The largest absolute Gasteiger partial charge is 0.463 e. The number of ether oxygens (including phenoxy) is 1. The Labute approximate surface area is 141 Å². The highest BCUT2D eigenvalue weighted by atomic mass is 32.2. The van der Waals surface area contributed by atoms with Gasteiger partial charge in [-0.15, -0.1) is 0 Å². The van der Waals surface area contributed by atoms with Crippen molar-refractivity contribution in [3.8, 4) is 0 Å². The summed E-state index contributed by atoms with van der Waals surface area (Å²) in [6.07, 6.45) is 2.64. The van der Waals surface area contributed by atoms with E-state index in [4.69, 9.17) is 9.15 Å². The number of rotatable bonds is 6. The Morgan fingerprint density at radius 3 is 2.42 bits per heavy atom. The standard InChI is InChI=1S/C17H21NO5S/c1-12(13-5-7-15(8-6-13)24(4,20)21)18(2)11-14-9-10-23-16(14)17(19)22-3/h5-10,12H,11H2,1-4H3. The summed E-state index contributed by atoms with van der Waals surface area (Å²) in [7, 11) is 0.0277. The van der Waals surface area contributed by atoms with Crippen LogP contribution in [0.2, 0.25) is 0 Å². The molecule has 1 unspecified atom stereocenters. The van der Waals surface area contributed by atoms with Gasteiger partial charge in [0.15, 0.2) is 9.84 Å². The van der Waals surface area contributed by atoms with Crippen LogP contribution in [0.15, 0.2) is 45.9 Å². The van der Waals surface area contributed by atoms with Crippen LogP contribution in [0, 0.1) is 0 Å². The predicted molar refractivity (Wildman–Crippen MR) is 89.5 cm³/mol. The molecular formula is C17H21NO5S. The molecule has 0 bridgehead atoms. The lowest BCUT2D eigenvalue weighted by Crippen LogP contribution is -2.22. The van der Waals surface area contributed by atoms with Crippen molar-refractivity contribution < 1.29 is 22.4 Å². The zero-order valence-corrected chi connectivity index (χ0v) is 15.0. The molecule has 6 nitrogen and oxygen atoms in total. The normalized spacial score (nSPS) is 13.0. The smallest absolute Gasteiger partial charge is 0.374 e. The summed E-state index contributed by atoms with van der Waals surface area (Å²) in [4.78, 5) is 14.0. The molecule has 2 aromatic rings. The Bertz CT molecular complexity index is 808. The number of benzene rings is 1. The van der Waals surface area contributed by atoms with Crippen LogP contribution in [0.4, 0.5) is 0 Å². The van der Waals surface area contributed by atoms with Crippen molar-refractivity contribution in [2.24, 2.45) is 0 Å². The van der Waals surface area contributed by atoms with Gasteiger partial charge in [-0.1, -0.05) is 12.1 Å². The van der Waals surface area contributed by atoms with Gasteiger partial charge in [0.1, 0.15) is 0 Å². The number of carbonyl (C=O) groups is 1. The number of carbonyl (C=O) groups excluding carboxylic acids is 1. The van der Waals surface area contributed by atoms with E-state index in [1.165, 1.54) is 19.6 Å². The molecule has 7 heteroatoms. The van der Waals surface area contributed by atoms with Crippen molar-refractivity contribution in [2.75, 3.05) is 20.4 Å². The number of furan rings is 1. The topological polar surface area (TPSA) is 76.8 Å². The van der Waals surface area contributed by atoms with Gasteiger partial charge >= 0.3 is 5.97 Å². The number of hydrogen-bond donors (Lipinski definition) is 0. The van der Waals surface area contributed by atoms with Crippen molar-refractivity contribution >= 4 is 15.8 Å². The molecule has 1 atom stereocenters.